The Morgan fingerprint density at radius 2 is 2.11 bits per heavy atom. The number of nitrogens with one attached hydrogen (secondary N) is 1. The highest BCUT2D eigenvalue weighted by molar-refractivity contribution is 5.92. The fourth-order valence-corrected chi connectivity index (χ4v) is 3.76. The van der Waals surface area contributed by atoms with Crippen LogP contribution in [0.1, 0.15) is 56.1 Å². The molecule has 2 aliphatic rings. The Hall–Kier alpha value is -2.29. The van der Waals surface area contributed by atoms with Crippen LogP contribution in [-0.2, 0) is 14.3 Å². The molecule has 5 nitrogen and oxygen atoms in total. The topological polar surface area (TPSA) is 67.8 Å². The second-order valence-corrected chi connectivity index (χ2v) is 7.40. The summed E-state index contributed by atoms with van der Waals surface area (Å²) in [4.78, 5) is 12.7. The maximum atomic E-state index is 12.7. The van der Waals surface area contributed by atoms with Crippen LogP contribution in [0.5, 0.6) is 0 Å². The predicted molar refractivity (Wildman–Crippen MR) is 107 cm³/mol. The number of hydrogen-bond acceptors (Lipinski definition) is 4. The highest BCUT2D eigenvalue weighted by Gasteiger charge is 2.38. The van der Waals surface area contributed by atoms with Crippen molar-refractivity contribution in [1.82, 2.24) is 5.32 Å². The van der Waals surface area contributed by atoms with Gasteiger partial charge in [0.15, 0.2) is 5.76 Å². The number of benzene rings is 1. The van der Waals surface area contributed by atoms with Crippen molar-refractivity contribution in [1.29, 1.82) is 0 Å². The molecule has 0 bridgehead atoms. The summed E-state index contributed by atoms with van der Waals surface area (Å²) in [5.41, 5.74) is 1.87. The number of ether oxygens (including phenoxy) is 2. The normalized spacial score (nSPS) is 24.5. The number of aliphatic hydroxyl groups is 1. The van der Waals surface area contributed by atoms with Crippen LogP contribution in [0, 0.1) is 18.3 Å². The van der Waals surface area contributed by atoms with E-state index in [9.17, 15) is 9.90 Å². The lowest BCUT2D eigenvalue weighted by atomic mass is 9.80. The molecule has 1 amide bonds. The van der Waals surface area contributed by atoms with Gasteiger partial charge in [0.25, 0.3) is 5.91 Å². The first-order valence-corrected chi connectivity index (χ1v) is 10.1. The number of terminal acetylenes is 1. The smallest absolute Gasteiger partial charge is 0.286 e. The number of carbonyl (C=O) groups excluding carboxylic acids is 1. The van der Waals surface area contributed by atoms with Gasteiger partial charge in [-0.1, -0.05) is 18.1 Å². The maximum absolute atomic E-state index is 12.7. The molecule has 1 aliphatic carbocycles. The largest absolute Gasteiger partial charge is 0.459 e. The summed E-state index contributed by atoms with van der Waals surface area (Å²) in [7, 11) is 0. The summed E-state index contributed by atoms with van der Waals surface area (Å²) in [6.45, 7) is 2.51. The molecule has 150 valence electrons. The lowest BCUT2D eigenvalue weighted by molar-refractivity contribution is -0.167. The zero-order valence-electron chi connectivity index (χ0n) is 16.4. The Bertz CT molecular complexity index is 730. The van der Waals surface area contributed by atoms with Crippen LogP contribution in [-0.4, -0.2) is 36.6 Å². The van der Waals surface area contributed by atoms with E-state index in [-0.39, 0.29) is 30.4 Å². The Balaban J connectivity index is 1.90. The first-order chi connectivity index (χ1) is 13.7. The summed E-state index contributed by atoms with van der Waals surface area (Å²) in [6.07, 6.45) is 11.4. The summed E-state index contributed by atoms with van der Waals surface area (Å²) in [5.74, 6) is 2.72. The average molecular weight is 383 g/mol. The molecule has 1 heterocycles. The van der Waals surface area contributed by atoms with E-state index in [2.05, 4.69) is 11.2 Å². The van der Waals surface area contributed by atoms with E-state index in [0.717, 1.165) is 36.8 Å². The van der Waals surface area contributed by atoms with E-state index in [1.54, 1.807) is 0 Å². The van der Waals surface area contributed by atoms with Crippen molar-refractivity contribution < 1.29 is 19.4 Å². The van der Waals surface area contributed by atoms with Gasteiger partial charge in [-0.2, -0.15) is 0 Å². The monoisotopic (exact) mass is 383 g/mol. The van der Waals surface area contributed by atoms with Crippen molar-refractivity contribution in [3.05, 3.63) is 47.2 Å². The van der Waals surface area contributed by atoms with Gasteiger partial charge in [-0.05, 0) is 62.8 Å². The van der Waals surface area contributed by atoms with Gasteiger partial charge in [0.2, 0.25) is 6.29 Å². The van der Waals surface area contributed by atoms with Gasteiger partial charge in [0.1, 0.15) is 0 Å². The Morgan fingerprint density at radius 3 is 2.68 bits per heavy atom. The highest BCUT2D eigenvalue weighted by Crippen LogP contribution is 2.39. The van der Waals surface area contributed by atoms with Crippen molar-refractivity contribution in [2.75, 3.05) is 13.2 Å². The molecule has 0 aromatic heterocycles. The van der Waals surface area contributed by atoms with Gasteiger partial charge in [0.05, 0.1) is 0 Å². The molecule has 1 aromatic carbocycles. The van der Waals surface area contributed by atoms with E-state index in [1.165, 1.54) is 0 Å². The van der Waals surface area contributed by atoms with E-state index in [0.29, 0.717) is 18.8 Å². The molecule has 3 rings (SSSR count). The molecular weight excluding hydrogens is 354 g/mol. The van der Waals surface area contributed by atoms with E-state index in [1.807, 2.05) is 37.3 Å². The third-order valence-corrected chi connectivity index (χ3v) is 5.54. The van der Waals surface area contributed by atoms with Crippen LogP contribution in [0.15, 0.2) is 36.1 Å². The molecule has 0 radical (unpaired) electrons. The third-order valence-electron chi connectivity index (χ3n) is 5.54. The zero-order valence-corrected chi connectivity index (χ0v) is 16.4. The summed E-state index contributed by atoms with van der Waals surface area (Å²) < 4.78 is 11.8. The number of rotatable bonds is 8. The van der Waals surface area contributed by atoms with Crippen molar-refractivity contribution in [3.8, 4) is 12.3 Å². The minimum atomic E-state index is -0.527. The molecule has 1 aliphatic heterocycles. The van der Waals surface area contributed by atoms with Gasteiger partial charge in [-0.3, -0.25) is 4.79 Å². The molecule has 5 heteroatoms. The molecule has 0 unspecified atom stereocenters. The highest BCUT2D eigenvalue weighted by atomic mass is 16.7. The fraction of sp³-hybridized carbons (Fsp3) is 0.522. The van der Waals surface area contributed by atoms with Crippen LogP contribution in [0.2, 0.25) is 0 Å². The molecule has 1 saturated carbocycles. The van der Waals surface area contributed by atoms with Crippen molar-refractivity contribution in [2.24, 2.45) is 5.92 Å². The molecule has 3 atom stereocenters. The molecule has 28 heavy (non-hydrogen) atoms. The molecular formula is C23H29NO4. The van der Waals surface area contributed by atoms with Gasteiger partial charge in [-0.25, -0.2) is 0 Å². The van der Waals surface area contributed by atoms with Crippen LogP contribution in [0.4, 0.5) is 0 Å². The fourth-order valence-electron chi connectivity index (χ4n) is 3.76. The Morgan fingerprint density at radius 1 is 1.36 bits per heavy atom. The average Bonchev–Trinajstić information content (AvgIpc) is 2.69. The van der Waals surface area contributed by atoms with Crippen LogP contribution >= 0.6 is 0 Å². The van der Waals surface area contributed by atoms with Crippen LogP contribution < -0.4 is 5.32 Å². The second kappa shape index (κ2) is 9.77. The Kier molecular flexibility index (Phi) is 7.13. The lowest BCUT2D eigenvalue weighted by Crippen LogP contribution is -2.43. The van der Waals surface area contributed by atoms with Crippen molar-refractivity contribution in [3.63, 3.8) is 0 Å². The SMILES string of the molecule is C#Cc1ccc([C@H]2C=C(C(=O)NC3CCC3)O[C@@H](OCC)[C@H]2CCCO)cc1. The molecule has 0 saturated heterocycles. The minimum absolute atomic E-state index is 0.00374. The number of amides is 1. The second-order valence-electron chi connectivity index (χ2n) is 7.40. The maximum Gasteiger partial charge on any atom is 0.286 e. The number of allylic oxidation sites excluding steroid dienone is 1. The van der Waals surface area contributed by atoms with Gasteiger partial charge >= 0.3 is 0 Å². The number of aliphatic hydroxyl groups excluding tert-OH is 1. The zero-order chi connectivity index (χ0) is 19.9. The van der Waals surface area contributed by atoms with Crippen molar-refractivity contribution in [2.45, 2.75) is 57.3 Å². The van der Waals surface area contributed by atoms with E-state index in [4.69, 9.17) is 15.9 Å². The molecule has 1 aromatic rings. The minimum Gasteiger partial charge on any atom is -0.459 e. The van der Waals surface area contributed by atoms with Gasteiger partial charge in [0, 0.05) is 36.7 Å². The molecule has 1 fully saturated rings. The predicted octanol–water partition coefficient (Wildman–Crippen LogP) is 3.09. The summed E-state index contributed by atoms with van der Waals surface area (Å²) in [6, 6.07) is 8.05. The van der Waals surface area contributed by atoms with Crippen molar-refractivity contribution >= 4 is 5.91 Å². The van der Waals surface area contributed by atoms with E-state index >= 15 is 0 Å². The van der Waals surface area contributed by atoms with E-state index < -0.39 is 6.29 Å². The third kappa shape index (κ3) is 4.76. The lowest BCUT2D eigenvalue weighted by Gasteiger charge is -2.37. The van der Waals surface area contributed by atoms with Crippen LogP contribution in [0.3, 0.4) is 0 Å². The quantitative estimate of drug-likeness (QED) is 0.677. The van der Waals surface area contributed by atoms with Gasteiger partial charge in [-0.15, -0.1) is 6.42 Å². The Labute approximate surface area is 167 Å². The molecule has 0 spiro atoms. The standard InChI is InChI=1S/C23H29NO4/c1-3-16-10-12-17(13-11-16)20-15-21(22(26)24-18-7-5-8-18)28-23(27-4-2)19(20)9-6-14-25/h1,10-13,15,18-20,23,25H,4-9,14H2,2H3,(H,24,26)/t19-,20+,23+/m0/s1. The summed E-state index contributed by atoms with van der Waals surface area (Å²) in [5, 5.41) is 12.4. The van der Waals surface area contributed by atoms with Gasteiger partial charge < -0.3 is 19.9 Å². The number of hydrogen-bond donors (Lipinski definition) is 2. The first kappa shape index (κ1) is 20.4. The summed E-state index contributed by atoms with van der Waals surface area (Å²) >= 11 is 0. The first-order valence-electron chi connectivity index (χ1n) is 10.1. The van der Waals surface area contributed by atoms with Crippen LogP contribution in [0.25, 0.3) is 0 Å². The molecule has 2 N–H and O–H groups in total. The number of carbonyl (C=O) groups is 1.